The molecule has 1 atom stereocenters. The molecule has 144 valence electrons. The molecular weight excluding hydrogens is 350 g/mol. The second-order valence-corrected chi connectivity index (χ2v) is 7.74. The number of cyclic esters (lactones) is 2. The van der Waals surface area contributed by atoms with Crippen molar-refractivity contribution < 1.29 is 24.0 Å². The first kappa shape index (κ1) is 19.1. The Morgan fingerprint density at radius 3 is 2.78 bits per heavy atom. The van der Waals surface area contributed by atoms with Crippen molar-refractivity contribution in [3.8, 4) is 0 Å². The molecule has 1 aliphatic heterocycles. The Balaban J connectivity index is 1.75. The fourth-order valence-corrected chi connectivity index (χ4v) is 3.96. The first-order valence-corrected chi connectivity index (χ1v) is 8.89. The molecule has 2 aliphatic carbocycles. The SMILES string of the molecule is CC1=C(N([O-])OC=O)CC(CC(C)(C)C2=CC3=C(CC2)C(=O)OC3=O)C=C1. The van der Waals surface area contributed by atoms with Crippen LogP contribution < -0.4 is 0 Å². The zero-order valence-corrected chi connectivity index (χ0v) is 15.6. The summed E-state index contributed by atoms with van der Waals surface area (Å²) < 4.78 is 4.70. The minimum Gasteiger partial charge on any atom is -0.724 e. The molecule has 0 spiro atoms. The standard InChI is InChI=1S/C20H22NO6/c1-12-4-5-13(8-17(12)21(25)26-11-22)10-20(2,3)14-6-7-15-16(9-14)19(24)27-18(15)23/h4-5,9,11,13H,6-8,10H2,1-3H3/q-1. The van der Waals surface area contributed by atoms with Gasteiger partial charge < -0.3 is 14.8 Å². The van der Waals surface area contributed by atoms with E-state index in [0.717, 1.165) is 17.6 Å². The van der Waals surface area contributed by atoms with Gasteiger partial charge in [0.2, 0.25) is 0 Å². The van der Waals surface area contributed by atoms with Gasteiger partial charge in [-0.15, -0.1) is 0 Å². The summed E-state index contributed by atoms with van der Waals surface area (Å²) in [6.07, 6.45) is 8.10. The van der Waals surface area contributed by atoms with E-state index in [9.17, 15) is 19.6 Å². The summed E-state index contributed by atoms with van der Waals surface area (Å²) in [6, 6.07) is 0. The van der Waals surface area contributed by atoms with Crippen molar-refractivity contribution in [3.05, 3.63) is 51.4 Å². The van der Waals surface area contributed by atoms with Gasteiger partial charge in [0, 0.05) is 5.70 Å². The molecule has 0 saturated carbocycles. The van der Waals surface area contributed by atoms with Crippen LogP contribution in [0.4, 0.5) is 0 Å². The average molecular weight is 372 g/mol. The summed E-state index contributed by atoms with van der Waals surface area (Å²) >= 11 is 0. The van der Waals surface area contributed by atoms with Crippen molar-refractivity contribution >= 4 is 18.4 Å². The van der Waals surface area contributed by atoms with E-state index in [1.165, 1.54) is 0 Å². The molecule has 1 unspecified atom stereocenters. The molecule has 0 saturated heterocycles. The van der Waals surface area contributed by atoms with Crippen LogP contribution >= 0.6 is 0 Å². The van der Waals surface area contributed by atoms with E-state index in [1.807, 2.05) is 6.08 Å². The fraction of sp³-hybridized carbons (Fsp3) is 0.450. The van der Waals surface area contributed by atoms with Gasteiger partial charge in [0.05, 0.1) is 11.1 Å². The molecule has 0 N–H and O–H groups in total. The lowest BCUT2D eigenvalue weighted by molar-refractivity contribution is -0.155. The van der Waals surface area contributed by atoms with Crippen molar-refractivity contribution in [2.45, 2.75) is 46.5 Å². The van der Waals surface area contributed by atoms with Crippen molar-refractivity contribution in [1.29, 1.82) is 0 Å². The Morgan fingerprint density at radius 1 is 1.33 bits per heavy atom. The van der Waals surface area contributed by atoms with Crippen molar-refractivity contribution in [2.75, 3.05) is 0 Å². The van der Waals surface area contributed by atoms with Crippen molar-refractivity contribution in [2.24, 2.45) is 11.3 Å². The topological polar surface area (TPSA) is 96.0 Å². The number of carbonyl (C=O) groups is 3. The molecule has 1 heterocycles. The molecule has 0 aromatic carbocycles. The van der Waals surface area contributed by atoms with Crippen LogP contribution in [0.5, 0.6) is 0 Å². The Hall–Kier alpha value is -2.67. The molecule has 7 nitrogen and oxygen atoms in total. The molecule has 7 heteroatoms. The van der Waals surface area contributed by atoms with E-state index in [-0.39, 0.29) is 23.0 Å². The highest BCUT2D eigenvalue weighted by atomic mass is 16.9. The quantitative estimate of drug-likeness (QED) is 0.306. The van der Waals surface area contributed by atoms with Gasteiger partial charge in [0.1, 0.15) is 0 Å². The van der Waals surface area contributed by atoms with Gasteiger partial charge in [0.25, 0.3) is 0 Å². The second kappa shape index (κ2) is 7.15. The number of esters is 2. The molecule has 0 bridgehead atoms. The van der Waals surface area contributed by atoms with Crippen LogP contribution in [0.15, 0.2) is 46.2 Å². The van der Waals surface area contributed by atoms with Crippen molar-refractivity contribution in [1.82, 2.24) is 5.23 Å². The minimum absolute atomic E-state index is 0.0823. The van der Waals surface area contributed by atoms with Gasteiger partial charge in [-0.2, -0.15) is 0 Å². The molecule has 0 amide bonds. The largest absolute Gasteiger partial charge is 0.724 e. The smallest absolute Gasteiger partial charge is 0.346 e. The van der Waals surface area contributed by atoms with Gasteiger partial charge in [-0.3, -0.25) is 10.0 Å². The number of hydroxylamine groups is 2. The Kier molecular flexibility index (Phi) is 5.06. The summed E-state index contributed by atoms with van der Waals surface area (Å²) in [5, 5.41) is 12.2. The Bertz CT molecular complexity index is 814. The predicted molar refractivity (Wildman–Crippen MR) is 96.1 cm³/mol. The fourth-order valence-electron chi connectivity index (χ4n) is 3.96. The lowest BCUT2D eigenvalue weighted by Crippen LogP contribution is -2.25. The van der Waals surface area contributed by atoms with Gasteiger partial charge in [0.15, 0.2) is 0 Å². The average Bonchev–Trinajstić information content (AvgIpc) is 2.90. The number of allylic oxidation sites excluding steroid dienone is 5. The highest BCUT2D eigenvalue weighted by molar-refractivity contribution is 6.14. The zero-order valence-electron chi connectivity index (χ0n) is 15.6. The van der Waals surface area contributed by atoms with E-state index in [0.29, 0.717) is 36.1 Å². The van der Waals surface area contributed by atoms with E-state index >= 15 is 0 Å². The molecule has 0 fully saturated rings. The molecule has 27 heavy (non-hydrogen) atoms. The third kappa shape index (κ3) is 3.73. The third-order valence-electron chi connectivity index (χ3n) is 5.47. The summed E-state index contributed by atoms with van der Waals surface area (Å²) in [5.41, 5.74) is 2.87. The van der Waals surface area contributed by atoms with E-state index < -0.39 is 11.9 Å². The Morgan fingerprint density at radius 2 is 2.07 bits per heavy atom. The van der Waals surface area contributed by atoms with E-state index in [1.54, 1.807) is 13.0 Å². The lowest BCUT2D eigenvalue weighted by Gasteiger charge is -2.37. The summed E-state index contributed by atoms with van der Waals surface area (Å²) in [6.45, 7) is 6.08. The van der Waals surface area contributed by atoms with Crippen LogP contribution in [0, 0.1) is 16.5 Å². The number of ether oxygens (including phenoxy) is 1. The first-order chi connectivity index (χ1) is 12.7. The molecule has 0 aromatic heterocycles. The van der Waals surface area contributed by atoms with Crippen molar-refractivity contribution in [3.63, 3.8) is 0 Å². The van der Waals surface area contributed by atoms with Gasteiger partial charge in [-0.25, -0.2) is 9.59 Å². The highest BCUT2D eigenvalue weighted by Crippen LogP contribution is 2.44. The van der Waals surface area contributed by atoms with Gasteiger partial charge >= 0.3 is 18.4 Å². The molecule has 0 aromatic rings. The maximum Gasteiger partial charge on any atom is 0.346 e. The lowest BCUT2D eigenvalue weighted by atomic mass is 9.71. The van der Waals surface area contributed by atoms with Crippen LogP contribution in [0.25, 0.3) is 0 Å². The van der Waals surface area contributed by atoms with Gasteiger partial charge in [-0.1, -0.05) is 31.6 Å². The number of hydrogen-bond donors (Lipinski definition) is 0. The summed E-state index contributed by atoms with van der Waals surface area (Å²) in [5.74, 6) is -1.03. The second-order valence-electron chi connectivity index (χ2n) is 7.74. The highest BCUT2D eigenvalue weighted by Gasteiger charge is 2.37. The Labute approximate surface area is 157 Å². The van der Waals surface area contributed by atoms with Crippen LogP contribution in [0.1, 0.15) is 46.5 Å². The van der Waals surface area contributed by atoms with Crippen LogP contribution in [-0.2, 0) is 24.0 Å². The van der Waals surface area contributed by atoms with Gasteiger partial charge in [-0.05, 0) is 55.6 Å². The number of carbonyl (C=O) groups excluding carboxylic acids is 3. The number of rotatable bonds is 6. The summed E-state index contributed by atoms with van der Waals surface area (Å²) in [4.78, 5) is 38.4. The summed E-state index contributed by atoms with van der Waals surface area (Å²) in [7, 11) is 0. The third-order valence-corrected chi connectivity index (χ3v) is 5.47. The van der Waals surface area contributed by atoms with E-state index in [4.69, 9.17) is 4.74 Å². The first-order valence-electron chi connectivity index (χ1n) is 8.89. The number of nitrogens with zero attached hydrogens (tertiary/aromatic N) is 1. The molecule has 3 aliphatic rings. The zero-order chi connectivity index (χ0) is 19.8. The maximum atomic E-state index is 11.9. The van der Waals surface area contributed by atoms with Crippen LogP contribution in [0.3, 0.4) is 0 Å². The van der Waals surface area contributed by atoms with E-state index in [2.05, 4.69) is 24.8 Å². The number of hydrogen-bond acceptors (Lipinski definition) is 7. The monoisotopic (exact) mass is 372 g/mol. The predicted octanol–water partition coefficient (Wildman–Crippen LogP) is 3.24. The minimum atomic E-state index is -0.575. The normalized spacial score (nSPS) is 22.5. The van der Waals surface area contributed by atoms with Crippen LogP contribution in [0.2, 0.25) is 0 Å². The van der Waals surface area contributed by atoms with Crippen LogP contribution in [-0.4, -0.2) is 23.6 Å². The molecule has 3 rings (SSSR count). The molecular formula is C20H22NO6-. The maximum absolute atomic E-state index is 11.9. The molecule has 0 radical (unpaired) electrons.